The highest BCUT2D eigenvalue weighted by Gasteiger charge is 2.23. The summed E-state index contributed by atoms with van der Waals surface area (Å²) >= 11 is 0. The van der Waals surface area contributed by atoms with Crippen molar-refractivity contribution in [2.75, 3.05) is 11.4 Å². The molecule has 0 aliphatic carbocycles. The van der Waals surface area contributed by atoms with Gasteiger partial charge in [0.2, 0.25) is 15.9 Å². The van der Waals surface area contributed by atoms with Gasteiger partial charge in [0, 0.05) is 38.1 Å². The Morgan fingerprint density at radius 2 is 1.93 bits per heavy atom. The molecule has 3 aromatic rings. The van der Waals surface area contributed by atoms with Gasteiger partial charge in [-0.25, -0.2) is 22.8 Å². The zero-order valence-corrected chi connectivity index (χ0v) is 15.8. The lowest BCUT2D eigenvalue weighted by molar-refractivity contribution is -0.117. The summed E-state index contributed by atoms with van der Waals surface area (Å²) in [5, 5.41) is 4.12. The first-order valence-electron chi connectivity index (χ1n) is 8.88. The summed E-state index contributed by atoms with van der Waals surface area (Å²) in [5.41, 5.74) is 1.51. The third-order valence-electron chi connectivity index (χ3n) is 4.54. The van der Waals surface area contributed by atoms with Crippen molar-refractivity contribution in [3.05, 3.63) is 66.6 Å². The van der Waals surface area contributed by atoms with Crippen molar-refractivity contribution in [2.45, 2.75) is 24.3 Å². The largest absolute Gasteiger partial charge is 0.297 e. The summed E-state index contributed by atoms with van der Waals surface area (Å²) < 4.78 is 29.4. The fraction of sp³-hybridized carbons (Fsp3) is 0.211. The Hall–Kier alpha value is -3.04. The number of benzene rings is 1. The Morgan fingerprint density at radius 3 is 2.61 bits per heavy atom. The number of hydrogen-bond acceptors (Lipinski definition) is 5. The van der Waals surface area contributed by atoms with Crippen LogP contribution in [0.1, 0.15) is 18.4 Å². The summed E-state index contributed by atoms with van der Waals surface area (Å²) in [6, 6.07) is 11.8. The van der Waals surface area contributed by atoms with Crippen molar-refractivity contribution >= 4 is 21.7 Å². The molecule has 1 aliphatic heterocycles. The van der Waals surface area contributed by atoms with Gasteiger partial charge in [-0.2, -0.15) is 5.10 Å². The van der Waals surface area contributed by atoms with Crippen LogP contribution in [0, 0.1) is 0 Å². The van der Waals surface area contributed by atoms with Crippen molar-refractivity contribution in [2.24, 2.45) is 0 Å². The maximum absolute atomic E-state index is 12.6. The molecular weight excluding hydrogens is 378 g/mol. The molecule has 1 aromatic carbocycles. The monoisotopic (exact) mass is 397 g/mol. The van der Waals surface area contributed by atoms with Crippen molar-refractivity contribution in [3.8, 4) is 5.69 Å². The summed E-state index contributed by atoms with van der Waals surface area (Å²) in [7, 11) is -3.67. The maximum Gasteiger partial charge on any atom is 0.240 e. The smallest absolute Gasteiger partial charge is 0.240 e. The number of aromatic nitrogens is 3. The van der Waals surface area contributed by atoms with E-state index in [1.165, 1.54) is 0 Å². The number of anilines is 1. The van der Waals surface area contributed by atoms with E-state index in [-0.39, 0.29) is 17.3 Å². The third kappa shape index (κ3) is 3.80. The van der Waals surface area contributed by atoms with Crippen LogP contribution < -0.4 is 9.62 Å². The molecule has 4 rings (SSSR count). The molecule has 1 saturated heterocycles. The van der Waals surface area contributed by atoms with Gasteiger partial charge >= 0.3 is 0 Å². The van der Waals surface area contributed by atoms with E-state index in [1.807, 2.05) is 0 Å². The van der Waals surface area contributed by atoms with Gasteiger partial charge in [0.1, 0.15) is 5.82 Å². The van der Waals surface area contributed by atoms with Crippen molar-refractivity contribution < 1.29 is 13.2 Å². The maximum atomic E-state index is 12.6. The SMILES string of the molecule is O=C1CCCN1c1cc(CNS(=O)(=O)c2ccc(-n3cccn3)cc2)ccn1. The topological polar surface area (TPSA) is 97.2 Å². The first-order valence-corrected chi connectivity index (χ1v) is 10.4. The van der Waals surface area contributed by atoms with Crippen LogP contribution in [0.15, 0.2) is 66.0 Å². The van der Waals surface area contributed by atoms with E-state index in [1.54, 1.807) is 70.6 Å². The molecule has 9 heteroatoms. The molecule has 0 radical (unpaired) electrons. The molecule has 1 fully saturated rings. The Balaban J connectivity index is 1.46. The molecule has 1 N–H and O–H groups in total. The van der Waals surface area contributed by atoms with Crippen LogP contribution in [0.3, 0.4) is 0 Å². The second-order valence-corrected chi connectivity index (χ2v) is 8.21. The fourth-order valence-electron chi connectivity index (χ4n) is 3.07. The van der Waals surface area contributed by atoms with Gasteiger partial charge in [0.05, 0.1) is 10.6 Å². The molecule has 2 aromatic heterocycles. The second kappa shape index (κ2) is 7.53. The van der Waals surface area contributed by atoms with Crippen LogP contribution in [0.2, 0.25) is 0 Å². The molecule has 144 valence electrons. The second-order valence-electron chi connectivity index (χ2n) is 6.44. The Bertz CT molecular complexity index is 1080. The predicted octanol–water partition coefficient (Wildman–Crippen LogP) is 1.87. The first kappa shape index (κ1) is 18.3. The molecule has 8 nitrogen and oxygen atoms in total. The number of amides is 1. The normalized spacial score (nSPS) is 14.6. The van der Waals surface area contributed by atoms with E-state index in [2.05, 4.69) is 14.8 Å². The van der Waals surface area contributed by atoms with Gasteiger partial charge in [-0.1, -0.05) is 0 Å². The van der Waals surface area contributed by atoms with Crippen LogP contribution in [0.5, 0.6) is 0 Å². The summed E-state index contributed by atoms with van der Waals surface area (Å²) in [5.74, 6) is 0.602. The first-order chi connectivity index (χ1) is 13.5. The quantitative estimate of drug-likeness (QED) is 0.685. The van der Waals surface area contributed by atoms with Crippen LogP contribution in [-0.2, 0) is 21.4 Å². The highest BCUT2D eigenvalue weighted by atomic mass is 32.2. The minimum absolute atomic E-state index is 0.0440. The number of nitrogens with one attached hydrogen (secondary N) is 1. The van der Waals surface area contributed by atoms with Crippen LogP contribution >= 0.6 is 0 Å². The molecule has 0 spiro atoms. The Morgan fingerprint density at radius 1 is 1.11 bits per heavy atom. The lowest BCUT2D eigenvalue weighted by Gasteiger charge is -2.15. The molecule has 0 unspecified atom stereocenters. The summed E-state index contributed by atoms with van der Waals surface area (Å²) in [6.45, 7) is 0.754. The standard InChI is InChI=1S/C19H19N5O3S/c25-19-3-1-11-23(19)18-13-15(8-10-20-18)14-22-28(26,27)17-6-4-16(5-7-17)24-12-2-9-21-24/h2,4-10,12-13,22H,1,3,11,14H2. The van der Waals surface area contributed by atoms with E-state index in [0.29, 0.717) is 18.8 Å². The highest BCUT2D eigenvalue weighted by molar-refractivity contribution is 7.89. The number of sulfonamides is 1. The van der Waals surface area contributed by atoms with Gasteiger partial charge in [-0.05, 0) is 54.4 Å². The van der Waals surface area contributed by atoms with Gasteiger partial charge in [-0.3, -0.25) is 9.69 Å². The van der Waals surface area contributed by atoms with Crippen LogP contribution in [0.4, 0.5) is 5.82 Å². The zero-order valence-electron chi connectivity index (χ0n) is 15.0. The Labute approximate surface area is 162 Å². The van der Waals surface area contributed by atoms with E-state index >= 15 is 0 Å². The van der Waals surface area contributed by atoms with Gasteiger partial charge in [-0.15, -0.1) is 0 Å². The zero-order chi connectivity index (χ0) is 19.6. The highest BCUT2D eigenvalue weighted by Crippen LogP contribution is 2.20. The predicted molar refractivity (Wildman–Crippen MR) is 103 cm³/mol. The molecule has 28 heavy (non-hydrogen) atoms. The fourth-order valence-corrected chi connectivity index (χ4v) is 4.09. The molecule has 0 bridgehead atoms. The number of carbonyl (C=O) groups excluding carboxylic acids is 1. The number of nitrogens with zero attached hydrogens (tertiary/aromatic N) is 4. The molecule has 0 atom stereocenters. The van der Waals surface area contributed by atoms with E-state index < -0.39 is 10.0 Å². The van der Waals surface area contributed by atoms with Crippen LogP contribution in [-0.4, -0.2) is 35.6 Å². The number of rotatable bonds is 6. The van der Waals surface area contributed by atoms with Gasteiger partial charge < -0.3 is 0 Å². The van der Waals surface area contributed by atoms with Crippen molar-refractivity contribution in [1.29, 1.82) is 0 Å². The minimum atomic E-state index is -3.67. The lowest BCUT2D eigenvalue weighted by Crippen LogP contribution is -2.26. The van der Waals surface area contributed by atoms with Crippen LogP contribution in [0.25, 0.3) is 5.69 Å². The molecular formula is C19H19N5O3S. The van der Waals surface area contributed by atoms with Crippen molar-refractivity contribution in [3.63, 3.8) is 0 Å². The number of hydrogen-bond donors (Lipinski definition) is 1. The van der Waals surface area contributed by atoms with E-state index in [0.717, 1.165) is 17.7 Å². The number of pyridine rings is 1. The molecule has 1 amide bonds. The van der Waals surface area contributed by atoms with Gasteiger partial charge in [0.15, 0.2) is 0 Å². The summed E-state index contributed by atoms with van der Waals surface area (Å²) in [6.07, 6.45) is 6.36. The van der Waals surface area contributed by atoms with Crippen molar-refractivity contribution in [1.82, 2.24) is 19.5 Å². The van der Waals surface area contributed by atoms with Gasteiger partial charge in [0.25, 0.3) is 0 Å². The summed E-state index contributed by atoms with van der Waals surface area (Å²) in [4.78, 5) is 17.9. The third-order valence-corrected chi connectivity index (χ3v) is 5.96. The van der Waals surface area contributed by atoms with E-state index in [9.17, 15) is 13.2 Å². The molecule has 1 aliphatic rings. The number of carbonyl (C=O) groups is 1. The average molecular weight is 397 g/mol. The minimum Gasteiger partial charge on any atom is -0.297 e. The lowest BCUT2D eigenvalue weighted by atomic mass is 10.2. The molecule has 0 saturated carbocycles. The van der Waals surface area contributed by atoms with E-state index in [4.69, 9.17) is 0 Å². The molecule has 3 heterocycles. The average Bonchev–Trinajstić information content (AvgIpc) is 3.39. The Kier molecular flexibility index (Phi) is 4.93.